The third-order valence-electron chi connectivity index (χ3n) is 4.12. The van der Waals surface area contributed by atoms with E-state index in [9.17, 15) is 9.59 Å². The van der Waals surface area contributed by atoms with Gasteiger partial charge in [-0.2, -0.15) is 0 Å². The van der Waals surface area contributed by atoms with Crippen molar-refractivity contribution in [3.8, 4) is 0 Å². The number of carboxylic acid groups (broad SMARTS) is 1. The first-order chi connectivity index (χ1) is 8.59. The van der Waals surface area contributed by atoms with E-state index in [1.165, 1.54) is 0 Å². The molecule has 0 aromatic carbocycles. The van der Waals surface area contributed by atoms with Crippen LogP contribution >= 0.6 is 0 Å². The van der Waals surface area contributed by atoms with Crippen molar-refractivity contribution in [2.24, 2.45) is 11.8 Å². The van der Waals surface area contributed by atoms with E-state index in [2.05, 4.69) is 12.2 Å². The lowest BCUT2D eigenvalue weighted by Crippen LogP contribution is -2.54. The Morgan fingerprint density at radius 2 is 2.06 bits per heavy atom. The van der Waals surface area contributed by atoms with Crippen LogP contribution in [-0.2, 0) is 9.59 Å². The van der Waals surface area contributed by atoms with Crippen molar-refractivity contribution < 1.29 is 14.7 Å². The summed E-state index contributed by atoms with van der Waals surface area (Å²) < 4.78 is 0. The molecule has 2 N–H and O–H groups in total. The molecule has 0 aromatic heterocycles. The van der Waals surface area contributed by atoms with Gasteiger partial charge in [-0.1, -0.05) is 6.92 Å². The molecule has 2 heterocycles. The van der Waals surface area contributed by atoms with Crippen LogP contribution in [0.5, 0.6) is 0 Å². The summed E-state index contributed by atoms with van der Waals surface area (Å²) in [6.45, 7) is 4.05. The molecule has 0 aromatic rings. The molecule has 102 valence electrons. The van der Waals surface area contributed by atoms with Gasteiger partial charge in [0, 0.05) is 13.1 Å². The van der Waals surface area contributed by atoms with Crippen molar-refractivity contribution >= 4 is 11.9 Å². The number of likely N-dealkylation sites (tertiary alicyclic amines) is 1. The minimum absolute atomic E-state index is 0.0909. The molecule has 0 saturated carbocycles. The van der Waals surface area contributed by atoms with Crippen LogP contribution in [0.15, 0.2) is 0 Å². The van der Waals surface area contributed by atoms with E-state index in [-0.39, 0.29) is 17.9 Å². The molecule has 3 atom stereocenters. The number of carboxylic acids is 1. The van der Waals surface area contributed by atoms with E-state index in [4.69, 9.17) is 5.11 Å². The van der Waals surface area contributed by atoms with Crippen LogP contribution in [0.25, 0.3) is 0 Å². The van der Waals surface area contributed by atoms with Crippen molar-refractivity contribution in [2.45, 2.75) is 38.6 Å². The van der Waals surface area contributed by atoms with Crippen molar-refractivity contribution in [2.75, 3.05) is 19.6 Å². The Morgan fingerprint density at radius 1 is 1.28 bits per heavy atom. The Kier molecular flexibility index (Phi) is 4.22. The van der Waals surface area contributed by atoms with E-state index >= 15 is 0 Å². The fraction of sp³-hybridized carbons (Fsp3) is 0.846. The van der Waals surface area contributed by atoms with Crippen LogP contribution in [-0.4, -0.2) is 47.6 Å². The highest BCUT2D eigenvalue weighted by atomic mass is 16.4. The normalized spacial score (nSPS) is 33.2. The van der Waals surface area contributed by atoms with Gasteiger partial charge in [0.2, 0.25) is 5.91 Å². The molecule has 0 aliphatic carbocycles. The number of nitrogens with zero attached hydrogens (tertiary/aromatic N) is 1. The van der Waals surface area contributed by atoms with Crippen molar-refractivity contribution in [3.05, 3.63) is 0 Å². The van der Waals surface area contributed by atoms with Crippen molar-refractivity contribution in [1.29, 1.82) is 0 Å². The first-order valence-corrected chi connectivity index (χ1v) is 6.84. The maximum absolute atomic E-state index is 12.4. The molecule has 1 amide bonds. The highest BCUT2D eigenvalue weighted by Gasteiger charge is 2.34. The van der Waals surface area contributed by atoms with Crippen LogP contribution in [0.1, 0.15) is 32.6 Å². The van der Waals surface area contributed by atoms with Gasteiger partial charge in [-0.05, 0) is 38.1 Å². The second-order valence-corrected chi connectivity index (χ2v) is 5.51. The van der Waals surface area contributed by atoms with E-state index in [0.29, 0.717) is 25.4 Å². The van der Waals surface area contributed by atoms with E-state index in [0.717, 1.165) is 25.8 Å². The molecular formula is C13H22N2O3. The maximum Gasteiger partial charge on any atom is 0.308 e. The van der Waals surface area contributed by atoms with Crippen LogP contribution in [0.4, 0.5) is 0 Å². The fourth-order valence-electron chi connectivity index (χ4n) is 2.96. The van der Waals surface area contributed by atoms with E-state index < -0.39 is 5.97 Å². The second kappa shape index (κ2) is 5.69. The Morgan fingerprint density at radius 3 is 2.72 bits per heavy atom. The summed E-state index contributed by atoms with van der Waals surface area (Å²) in [7, 11) is 0. The lowest BCUT2D eigenvalue weighted by molar-refractivity contribution is -0.146. The van der Waals surface area contributed by atoms with Crippen LogP contribution in [0.3, 0.4) is 0 Å². The van der Waals surface area contributed by atoms with Gasteiger partial charge in [-0.3, -0.25) is 9.59 Å². The fourth-order valence-corrected chi connectivity index (χ4v) is 2.96. The van der Waals surface area contributed by atoms with Gasteiger partial charge in [0.05, 0.1) is 12.0 Å². The monoisotopic (exact) mass is 254 g/mol. The lowest BCUT2D eigenvalue weighted by Gasteiger charge is -2.37. The first-order valence-electron chi connectivity index (χ1n) is 6.84. The molecule has 18 heavy (non-hydrogen) atoms. The summed E-state index contributed by atoms with van der Waals surface area (Å²) in [6, 6.07) is -0.119. The topological polar surface area (TPSA) is 69.6 Å². The van der Waals surface area contributed by atoms with Crippen LogP contribution < -0.4 is 5.32 Å². The third kappa shape index (κ3) is 2.83. The number of rotatable bonds is 2. The molecule has 2 fully saturated rings. The molecule has 0 radical (unpaired) electrons. The van der Waals surface area contributed by atoms with Gasteiger partial charge in [-0.15, -0.1) is 0 Å². The number of carbonyl (C=O) groups is 2. The molecule has 0 spiro atoms. The number of carbonyl (C=O) groups excluding carboxylic acids is 1. The van der Waals surface area contributed by atoms with Gasteiger partial charge in [-0.25, -0.2) is 0 Å². The van der Waals surface area contributed by atoms with Gasteiger partial charge in [0.1, 0.15) is 0 Å². The minimum Gasteiger partial charge on any atom is -0.481 e. The van der Waals surface area contributed by atoms with Gasteiger partial charge < -0.3 is 15.3 Å². The standard InChI is InChI=1S/C13H22N2O3/c1-9-4-2-6-14-11(9)12(16)15-7-3-5-10(8-15)13(17)18/h9-11,14H,2-8H2,1H3,(H,17,18)/t9?,10-,11?/m0/s1. The number of aliphatic carboxylic acids is 1. The predicted molar refractivity (Wildman–Crippen MR) is 67.1 cm³/mol. The first kappa shape index (κ1) is 13.3. The highest BCUT2D eigenvalue weighted by Crippen LogP contribution is 2.22. The lowest BCUT2D eigenvalue weighted by atomic mass is 9.90. The smallest absolute Gasteiger partial charge is 0.308 e. The molecule has 0 bridgehead atoms. The highest BCUT2D eigenvalue weighted by molar-refractivity contribution is 5.83. The Labute approximate surface area is 108 Å². The summed E-state index contributed by atoms with van der Waals surface area (Å²) in [5, 5.41) is 12.3. The quantitative estimate of drug-likeness (QED) is 0.761. The second-order valence-electron chi connectivity index (χ2n) is 5.51. The SMILES string of the molecule is CC1CCCNC1C(=O)N1CCC[C@H](C(=O)O)C1. The largest absolute Gasteiger partial charge is 0.481 e. The van der Waals surface area contributed by atoms with Crippen LogP contribution in [0.2, 0.25) is 0 Å². The third-order valence-corrected chi connectivity index (χ3v) is 4.12. The Bertz CT molecular complexity index is 332. The number of hydrogen-bond donors (Lipinski definition) is 2. The zero-order valence-electron chi connectivity index (χ0n) is 10.9. The van der Waals surface area contributed by atoms with Gasteiger partial charge in [0.25, 0.3) is 0 Å². The average Bonchev–Trinajstić information content (AvgIpc) is 2.38. The van der Waals surface area contributed by atoms with E-state index in [1.807, 2.05) is 0 Å². The molecule has 2 aliphatic heterocycles. The Hall–Kier alpha value is -1.10. The summed E-state index contributed by atoms with van der Waals surface area (Å²) in [4.78, 5) is 25.1. The number of hydrogen-bond acceptors (Lipinski definition) is 3. The maximum atomic E-state index is 12.4. The molecule has 2 saturated heterocycles. The predicted octanol–water partition coefficient (Wildman–Crippen LogP) is 0.698. The average molecular weight is 254 g/mol. The van der Waals surface area contributed by atoms with Gasteiger partial charge >= 0.3 is 5.97 Å². The summed E-state index contributed by atoms with van der Waals surface area (Å²) in [6.07, 6.45) is 3.67. The molecule has 5 heteroatoms. The number of nitrogens with one attached hydrogen (secondary N) is 1. The number of amides is 1. The van der Waals surface area contributed by atoms with E-state index in [1.54, 1.807) is 4.90 Å². The molecule has 2 rings (SSSR count). The zero-order chi connectivity index (χ0) is 13.1. The van der Waals surface area contributed by atoms with Gasteiger partial charge in [0.15, 0.2) is 0 Å². The Balaban J connectivity index is 1.97. The summed E-state index contributed by atoms with van der Waals surface area (Å²) in [5.74, 6) is -0.733. The van der Waals surface area contributed by atoms with Crippen molar-refractivity contribution in [1.82, 2.24) is 10.2 Å². The molecular weight excluding hydrogens is 232 g/mol. The minimum atomic E-state index is -0.780. The molecule has 2 aliphatic rings. The summed E-state index contributed by atoms with van der Waals surface area (Å²) >= 11 is 0. The molecule has 5 nitrogen and oxygen atoms in total. The summed E-state index contributed by atoms with van der Waals surface area (Å²) in [5.41, 5.74) is 0. The van der Waals surface area contributed by atoms with Crippen molar-refractivity contribution in [3.63, 3.8) is 0 Å². The molecule has 2 unspecified atom stereocenters. The van der Waals surface area contributed by atoms with Crippen LogP contribution in [0, 0.1) is 11.8 Å². The number of piperidine rings is 2. The zero-order valence-corrected chi connectivity index (χ0v) is 10.9.